The van der Waals surface area contributed by atoms with Gasteiger partial charge in [0.1, 0.15) is 28.7 Å². The number of halogens is 2. The number of carbonyl (C=O) groups excluding carboxylic acids is 1. The molecule has 0 spiro atoms. The number of rotatable bonds is 8. The van der Waals surface area contributed by atoms with E-state index < -0.39 is 34.3 Å². The van der Waals surface area contributed by atoms with Crippen LogP contribution < -0.4 is 4.72 Å². The molecule has 0 saturated carbocycles. The molecule has 0 radical (unpaired) electrons. The van der Waals surface area contributed by atoms with Gasteiger partial charge in [0.05, 0.1) is 16.9 Å². The van der Waals surface area contributed by atoms with Crippen molar-refractivity contribution in [3.63, 3.8) is 0 Å². The zero-order chi connectivity index (χ0) is 29.5. The molecule has 2 aromatic carbocycles. The molecule has 1 unspecified atom stereocenters. The van der Waals surface area contributed by atoms with Crippen LogP contribution in [-0.4, -0.2) is 35.6 Å². The Bertz CT molecular complexity index is 1950. The summed E-state index contributed by atoms with van der Waals surface area (Å²) < 4.78 is 46.8. The Kier molecular flexibility index (Phi) is 7.26. The number of aromatic nitrogens is 4. The maximum absolute atomic E-state index is 15.3. The average molecular weight is 584 g/mol. The smallest absolute Gasteiger partial charge is 0.199 e. The first-order valence-electron chi connectivity index (χ1n) is 13.5. The van der Waals surface area contributed by atoms with E-state index in [0.717, 1.165) is 51.4 Å². The summed E-state index contributed by atoms with van der Waals surface area (Å²) >= 11 is -1.55. The topological polar surface area (TPSA) is 98.7 Å². The van der Waals surface area contributed by atoms with Crippen molar-refractivity contribution >= 4 is 44.8 Å². The average Bonchev–Trinajstić information content (AvgIpc) is 3.52. The molecule has 6 aromatic rings. The van der Waals surface area contributed by atoms with E-state index in [1.54, 1.807) is 24.5 Å². The van der Waals surface area contributed by atoms with Gasteiger partial charge in [0.25, 0.3) is 0 Å². The van der Waals surface area contributed by atoms with Crippen LogP contribution in [0.15, 0.2) is 73.1 Å². The summed E-state index contributed by atoms with van der Waals surface area (Å²) in [7, 11) is 0. The Labute approximate surface area is 243 Å². The second kappa shape index (κ2) is 11.0. The van der Waals surface area contributed by atoms with Crippen LogP contribution in [0.5, 0.6) is 0 Å². The Hall–Kier alpha value is -4.54. The lowest BCUT2D eigenvalue weighted by molar-refractivity contribution is 0.103. The van der Waals surface area contributed by atoms with E-state index in [4.69, 9.17) is 0 Å². The van der Waals surface area contributed by atoms with E-state index in [1.807, 2.05) is 51.1 Å². The van der Waals surface area contributed by atoms with Gasteiger partial charge in [-0.2, -0.15) is 0 Å². The number of nitrogens with zero attached hydrogens (tertiary/aromatic N) is 3. The van der Waals surface area contributed by atoms with Gasteiger partial charge in [-0.3, -0.25) is 4.79 Å². The predicted octanol–water partition coefficient (Wildman–Crippen LogP) is 7.18. The number of fused-ring (bicyclic) bond motifs is 3. The third-order valence-corrected chi connectivity index (χ3v) is 8.45. The molecule has 4 aromatic heterocycles. The monoisotopic (exact) mass is 583 g/mol. The highest BCUT2D eigenvalue weighted by Gasteiger charge is 2.24. The summed E-state index contributed by atoms with van der Waals surface area (Å²) in [6, 6.07) is 16.9. The molecule has 0 bridgehead atoms. The number of benzene rings is 2. The van der Waals surface area contributed by atoms with Crippen LogP contribution in [0.2, 0.25) is 0 Å². The number of hydrogen-bond acceptors (Lipinski definition) is 5. The molecule has 0 aliphatic heterocycles. The van der Waals surface area contributed by atoms with Crippen molar-refractivity contribution in [1.29, 1.82) is 0 Å². The maximum atomic E-state index is 15.3. The Morgan fingerprint density at radius 3 is 2.43 bits per heavy atom. The normalized spacial score (nSPS) is 12.2. The number of aryl methyl sites for hydroxylation is 2. The standard InChI is InChI=1S/C32H27F2N5O2S/c1-4-13-42(41)38-27-11-9-25(33)29(30(27)34)31(40)20-7-10-26-23(14-20)24-15-22(17-36-32(24)37-26)21-8-12-28(35-16-21)39-18(2)5-6-19(39)3/h5-12,14-17,38H,4,13H2,1-3H3,(H,36,37). The fourth-order valence-corrected chi connectivity index (χ4v) is 6.01. The highest BCUT2D eigenvalue weighted by molar-refractivity contribution is 7.92. The number of ketones is 1. The molecule has 42 heavy (non-hydrogen) atoms. The predicted molar refractivity (Wildman–Crippen MR) is 162 cm³/mol. The molecule has 7 nitrogen and oxygen atoms in total. The lowest BCUT2D eigenvalue weighted by Crippen LogP contribution is -2.18. The zero-order valence-corrected chi connectivity index (χ0v) is 24.0. The largest absolute Gasteiger partial charge is 0.593 e. The van der Waals surface area contributed by atoms with Crippen LogP contribution >= 0.6 is 0 Å². The molecule has 0 aliphatic rings. The van der Waals surface area contributed by atoms with Crippen molar-refractivity contribution < 1.29 is 18.1 Å². The van der Waals surface area contributed by atoms with Gasteiger partial charge in [-0.15, -0.1) is 0 Å². The van der Waals surface area contributed by atoms with Crippen molar-refractivity contribution in [2.45, 2.75) is 27.2 Å². The molecule has 2 N–H and O–H groups in total. The van der Waals surface area contributed by atoms with Crippen molar-refractivity contribution in [3.8, 4) is 16.9 Å². The minimum Gasteiger partial charge on any atom is -0.593 e. The van der Waals surface area contributed by atoms with Gasteiger partial charge in [-0.1, -0.05) is 6.92 Å². The number of hydrogen-bond donors (Lipinski definition) is 2. The van der Waals surface area contributed by atoms with E-state index >= 15 is 4.39 Å². The third-order valence-electron chi connectivity index (χ3n) is 7.23. The highest BCUT2D eigenvalue weighted by Crippen LogP contribution is 2.31. The summed E-state index contributed by atoms with van der Waals surface area (Å²) in [5, 5.41) is 1.44. The minimum atomic E-state index is -1.55. The molecule has 4 heterocycles. The van der Waals surface area contributed by atoms with Crippen molar-refractivity contribution in [1.82, 2.24) is 19.5 Å². The Morgan fingerprint density at radius 1 is 0.952 bits per heavy atom. The van der Waals surface area contributed by atoms with Gasteiger partial charge >= 0.3 is 0 Å². The Balaban J connectivity index is 1.36. The summed E-state index contributed by atoms with van der Waals surface area (Å²) in [6.07, 6.45) is 4.16. The quantitative estimate of drug-likeness (QED) is 0.146. The number of carbonyl (C=O) groups is 1. The van der Waals surface area contributed by atoms with E-state index in [-0.39, 0.29) is 11.3 Å². The molecular formula is C32H27F2N5O2S. The molecule has 6 rings (SSSR count). The SMILES string of the molecule is CCC[S+]([O-])Nc1ccc(F)c(C(=O)c2ccc3[nH]c4ncc(-c5ccc(-n6c(C)ccc6C)nc5)cc4c3c2)c1F. The van der Waals surface area contributed by atoms with E-state index in [9.17, 15) is 13.7 Å². The van der Waals surface area contributed by atoms with Crippen LogP contribution in [0.3, 0.4) is 0 Å². The van der Waals surface area contributed by atoms with Gasteiger partial charge in [0, 0.05) is 56.8 Å². The number of aromatic amines is 1. The molecule has 212 valence electrons. The first-order valence-corrected chi connectivity index (χ1v) is 14.8. The van der Waals surface area contributed by atoms with Crippen LogP contribution in [-0.2, 0) is 11.4 Å². The maximum Gasteiger partial charge on any atom is 0.199 e. The number of anilines is 1. The molecule has 0 amide bonds. The van der Waals surface area contributed by atoms with Crippen molar-refractivity contribution in [3.05, 3.63) is 107 Å². The van der Waals surface area contributed by atoms with Gasteiger partial charge in [0.2, 0.25) is 0 Å². The van der Waals surface area contributed by atoms with Crippen LogP contribution in [0, 0.1) is 25.5 Å². The summed E-state index contributed by atoms with van der Waals surface area (Å²) in [5.41, 5.74) is 4.45. The summed E-state index contributed by atoms with van der Waals surface area (Å²) in [5.74, 6) is -1.77. The minimum absolute atomic E-state index is 0.113. The lowest BCUT2D eigenvalue weighted by Gasteiger charge is -2.13. The third kappa shape index (κ3) is 4.93. The first-order chi connectivity index (χ1) is 20.2. The molecule has 1 atom stereocenters. The summed E-state index contributed by atoms with van der Waals surface area (Å²) in [6.45, 7) is 5.90. The van der Waals surface area contributed by atoms with Crippen LogP contribution in [0.1, 0.15) is 40.7 Å². The second-order valence-electron chi connectivity index (χ2n) is 10.1. The summed E-state index contributed by atoms with van der Waals surface area (Å²) in [4.78, 5) is 25.9. The van der Waals surface area contributed by atoms with Gasteiger partial charge in [0.15, 0.2) is 11.6 Å². The number of pyridine rings is 2. The van der Waals surface area contributed by atoms with Crippen LogP contribution in [0.25, 0.3) is 38.9 Å². The molecule has 0 aliphatic carbocycles. The molecule has 10 heteroatoms. The number of H-pyrrole nitrogens is 1. The zero-order valence-electron chi connectivity index (χ0n) is 23.2. The van der Waals surface area contributed by atoms with Crippen molar-refractivity contribution in [2.75, 3.05) is 10.5 Å². The molecule has 0 saturated heterocycles. The van der Waals surface area contributed by atoms with E-state index in [0.29, 0.717) is 23.2 Å². The number of nitrogens with one attached hydrogen (secondary N) is 2. The van der Waals surface area contributed by atoms with E-state index in [2.05, 4.69) is 24.2 Å². The highest BCUT2D eigenvalue weighted by atomic mass is 32.2. The van der Waals surface area contributed by atoms with Gasteiger partial charge < -0.3 is 14.1 Å². The molecule has 0 fully saturated rings. The fourth-order valence-electron chi connectivity index (χ4n) is 5.13. The van der Waals surface area contributed by atoms with Gasteiger partial charge in [-0.05, 0) is 80.9 Å². The van der Waals surface area contributed by atoms with E-state index in [1.165, 1.54) is 6.07 Å². The first kappa shape index (κ1) is 27.6. The second-order valence-corrected chi connectivity index (χ2v) is 11.4. The fraction of sp³-hybridized carbons (Fsp3) is 0.156. The van der Waals surface area contributed by atoms with Crippen molar-refractivity contribution in [2.24, 2.45) is 0 Å². The molecular weight excluding hydrogens is 556 g/mol. The van der Waals surface area contributed by atoms with Crippen LogP contribution in [0.4, 0.5) is 14.5 Å². The lowest BCUT2D eigenvalue weighted by atomic mass is 9.99. The Morgan fingerprint density at radius 2 is 1.71 bits per heavy atom. The van der Waals surface area contributed by atoms with Gasteiger partial charge in [-0.25, -0.2) is 23.5 Å².